The second-order valence-electron chi connectivity index (χ2n) is 7.03. The summed E-state index contributed by atoms with van der Waals surface area (Å²) in [4.78, 5) is 0. The maximum absolute atomic E-state index is 5.72. The summed E-state index contributed by atoms with van der Waals surface area (Å²) < 4.78 is 5.72. The smallest absolute Gasteiger partial charge is 0.0716 e. The van der Waals surface area contributed by atoms with Gasteiger partial charge < -0.3 is 10.1 Å². The Bertz CT molecular complexity index is 387. The number of rotatable bonds is 8. The van der Waals surface area contributed by atoms with Crippen molar-refractivity contribution in [3.8, 4) is 0 Å². The molecule has 2 rings (SSSR count). The van der Waals surface area contributed by atoms with Crippen molar-refractivity contribution in [1.29, 1.82) is 0 Å². The lowest BCUT2D eigenvalue weighted by Crippen LogP contribution is -2.37. The van der Waals surface area contributed by atoms with E-state index in [9.17, 15) is 0 Å². The van der Waals surface area contributed by atoms with Crippen molar-refractivity contribution in [3.05, 3.63) is 35.4 Å². The van der Waals surface area contributed by atoms with Crippen molar-refractivity contribution < 1.29 is 4.74 Å². The summed E-state index contributed by atoms with van der Waals surface area (Å²) in [5.41, 5.74) is 2.88. The lowest BCUT2D eigenvalue weighted by Gasteiger charge is -2.20. The zero-order valence-electron chi connectivity index (χ0n) is 13.2. The van der Waals surface area contributed by atoms with Crippen molar-refractivity contribution in [3.63, 3.8) is 0 Å². The molecule has 0 spiro atoms. The van der Waals surface area contributed by atoms with E-state index in [0.717, 1.165) is 32.1 Å². The minimum Gasteiger partial charge on any atom is -0.377 e. The molecular formula is C18H29NO. The third kappa shape index (κ3) is 6.53. The van der Waals surface area contributed by atoms with Gasteiger partial charge in [-0.3, -0.25) is 0 Å². The Balaban J connectivity index is 1.63. The molecule has 1 N–H and O–H groups in total. The Labute approximate surface area is 123 Å². The van der Waals surface area contributed by atoms with Crippen LogP contribution >= 0.6 is 0 Å². The van der Waals surface area contributed by atoms with Crippen LogP contribution in [-0.2, 0) is 17.8 Å². The molecule has 0 bridgehead atoms. The van der Waals surface area contributed by atoms with Gasteiger partial charge >= 0.3 is 0 Å². The summed E-state index contributed by atoms with van der Waals surface area (Å²) in [5.74, 6) is 0.965. The Morgan fingerprint density at radius 3 is 2.35 bits per heavy atom. The van der Waals surface area contributed by atoms with E-state index in [4.69, 9.17) is 4.74 Å². The highest BCUT2D eigenvalue weighted by atomic mass is 16.5. The standard InChI is InChI=1S/C18H29NO/c1-18(2,3)19-12-10-15-6-8-17(9-7-15)14-20-13-11-16-4-5-16/h6-9,16,19H,4-5,10-14H2,1-3H3. The molecule has 1 aliphatic carbocycles. The molecule has 0 atom stereocenters. The van der Waals surface area contributed by atoms with Crippen molar-refractivity contribution in [2.75, 3.05) is 13.2 Å². The Hall–Kier alpha value is -0.860. The number of nitrogens with one attached hydrogen (secondary N) is 1. The lowest BCUT2D eigenvalue weighted by atomic mass is 10.1. The van der Waals surface area contributed by atoms with E-state index in [1.165, 1.54) is 30.4 Å². The Morgan fingerprint density at radius 2 is 1.75 bits per heavy atom. The molecule has 112 valence electrons. The van der Waals surface area contributed by atoms with Crippen LogP contribution in [0.4, 0.5) is 0 Å². The summed E-state index contributed by atoms with van der Waals surface area (Å²) in [5, 5.41) is 3.52. The first kappa shape index (κ1) is 15.5. The fourth-order valence-corrected chi connectivity index (χ4v) is 2.23. The number of ether oxygens (including phenoxy) is 1. The van der Waals surface area contributed by atoms with Gasteiger partial charge in [-0.25, -0.2) is 0 Å². The molecule has 20 heavy (non-hydrogen) atoms. The minimum absolute atomic E-state index is 0.204. The van der Waals surface area contributed by atoms with E-state index in [1.807, 2.05) is 0 Å². The largest absolute Gasteiger partial charge is 0.377 e. The Morgan fingerprint density at radius 1 is 1.10 bits per heavy atom. The van der Waals surface area contributed by atoms with Gasteiger partial charge in [-0.15, -0.1) is 0 Å². The van der Waals surface area contributed by atoms with Gasteiger partial charge in [-0.2, -0.15) is 0 Å². The SMILES string of the molecule is CC(C)(C)NCCc1ccc(COCCC2CC2)cc1. The van der Waals surface area contributed by atoms with Gasteiger partial charge in [0.1, 0.15) is 0 Å². The highest BCUT2D eigenvalue weighted by Crippen LogP contribution is 2.32. The topological polar surface area (TPSA) is 21.3 Å². The van der Waals surface area contributed by atoms with Crippen molar-refractivity contribution in [2.24, 2.45) is 5.92 Å². The fourth-order valence-electron chi connectivity index (χ4n) is 2.23. The quantitative estimate of drug-likeness (QED) is 0.726. The molecule has 0 saturated heterocycles. The van der Waals surface area contributed by atoms with Gasteiger partial charge in [0, 0.05) is 12.1 Å². The van der Waals surface area contributed by atoms with E-state index in [2.05, 4.69) is 50.4 Å². The summed E-state index contributed by atoms with van der Waals surface area (Å²) in [7, 11) is 0. The fraction of sp³-hybridized carbons (Fsp3) is 0.667. The Kier molecular flexibility index (Phi) is 5.62. The number of benzene rings is 1. The highest BCUT2D eigenvalue weighted by molar-refractivity contribution is 5.22. The molecule has 1 aromatic rings. The third-order valence-electron chi connectivity index (χ3n) is 3.73. The van der Waals surface area contributed by atoms with Gasteiger partial charge in [0.05, 0.1) is 6.61 Å². The van der Waals surface area contributed by atoms with E-state index in [-0.39, 0.29) is 5.54 Å². The molecule has 0 aromatic heterocycles. The number of hydrogen-bond acceptors (Lipinski definition) is 2. The molecule has 1 saturated carbocycles. The second-order valence-corrected chi connectivity index (χ2v) is 7.03. The molecule has 2 heteroatoms. The van der Waals surface area contributed by atoms with Crippen molar-refractivity contribution in [1.82, 2.24) is 5.32 Å². The summed E-state index contributed by atoms with van der Waals surface area (Å²) in [6.07, 6.45) is 5.16. The predicted molar refractivity (Wildman–Crippen MR) is 84.9 cm³/mol. The lowest BCUT2D eigenvalue weighted by molar-refractivity contribution is 0.115. The molecule has 0 amide bonds. The van der Waals surface area contributed by atoms with Crippen LogP contribution in [0.25, 0.3) is 0 Å². The normalized spacial score (nSPS) is 15.6. The maximum atomic E-state index is 5.72. The molecule has 0 aliphatic heterocycles. The zero-order chi connectivity index (χ0) is 14.4. The number of hydrogen-bond donors (Lipinski definition) is 1. The van der Waals surface area contributed by atoms with Crippen LogP contribution in [-0.4, -0.2) is 18.7 Å². The van der Waals surface area contributed by atoms with Crippen LogP contribution in [0.3, 0.4) is 0 Å². The monoisotopic (exact) mass is 275 g/mol. The molecule has 0 unspecified atom stereocenters. The van der Waals surface area contributed by atoms with Crippen molar-refractivity contribution in [2.45, 2.75) is 58.6 Å². The zero-order valence-corrected chi connectivity index (χ0v) is 13.2. The second kappa shape index (κ2) is 7.24. The molecular weight excluding hydrogens is 246 g/mol. The first-order valence-corrected chi connectivity index (χ1v) is 7.93. The van der Waals surface area contributed by atoms with Crippen LogP contribution < -0.4 is 5.32 Å². The van der Waals surface area contributed by atoms with Gasteiger partial charge in [-0.1, -0.05) is 37.1 Å². The van der Waals surface area contributed by atoms with Gasteiger partial charge in [0.15, 0.2) is 0 Å². The molecule has 1 aromatic carbocycles. The molecule has 2 nitrogen and oxygen atoms in total. The van der Waals surface area contributed by atoms with Gasteiger partial charge in [0.25, 0.3) is 0 Å². The molecule has 1 aliphatic rings. The molecule has 0 radical (unpaired) electrons. The minimum atomic E-state index is 0.204. The summed E-state index contributed by atoms with van der Waals surface area (Å²) >= 11 is 0. The van der Waals surface area contributed by atoms with E-state index < -0.39 is 0 Å². The van der Waals surface area contributed by atoms with Gasteiger partial charge in [0.2, 0.25) is 0 Å². The third-order valence-corrected chi connectivity index (χ3v) is 3.73. The van der Waals surface area contributed by atoms with E-state index in [1.54, 1.807) is 0 Å². The van der Waals surface area contributed by atoms with Crippen LogP contribution in [0, 0.1) is 5.92 Å². The molecule has 1 fully saturated rings. The average Bonchev–Trinajstić information content (AvgIpc) is 3.19. The molecule has 0 heterocycles. The predicted octanol–water partition coefficient (Wildman–Crippen LogP) is 3.93. The van der Waals surface area contributed by atoms with Crippen LogP contribution in [0.15, 0.2) is 24.3 Å². The first-order valence-electron chi connectivity index (χ1n) is 7.93. The van der Waals surface area contributed by atoms with Crippen molar-refractivity contribution >= 4 is 0 Å². The summed E-state index contributed by atoms with van der Waals surface area (Å²) in [6, 6.07) is 8.85. The van der Waals surface area contributed by atoms with Crippen LogP contribution in [0.5, 0.6) is 0 Å². The summed E-state index contributed by atoms with van der Waals surface area (Å²) in [6.45, 7) is 9.31. The van der Waals surface area contributed by atoms with E-state index in [0.29, 0.717) is 0 Å². The van der Waals surface area contributed by atoms with Gasteiger partial charge in [-0.05, 0) is 57.2 Å². The average molecular weight is 275 g/mol. The van der Waals surface area contributed by atoms with Crippen LogP contribution in [0.1, 0.15) is 51.2 Å². The highest BCUT2D eigenvalue weighted by Gasteiger charge is 2.20. The van der Waals surface area contributed by atoms with E-state index >= 15 is 0 Å². The maximum Gasteiger partial charge on any atom is 0.0716 e. The first-order chi connectivity index (χ1) is 9.53. The van der Waals surface area contributed by atoms with Crippen LogP contribution in [0.2, 0.25) is 0 Å².